The number of thiazole rings is 1. The zero-order valence-electron chi connectivity index (χ0n) is 22.9. The van der Waals surface area contributed by atoms with Gasteiger partial charge in [-0.2, -0.15) is 10.4 Å². The average molecular weight is 596 g/mol. The summed E-state index contributed by atoms with van der Waals surface area (Å²) in [5.41, 5.74) is 0.163. The molecule has 0 amide bonds. The van der Waals surface area contributed by atoms with Crippen LogP contribution >= 0.6 is 11.3 Å². The van der Waals surface area contributed by atoms with Crippen molar-refractivity contribution in [2.45, 2.75) is 51.4 Å². The zero-order valence-corrected chi connectivity index (χ0v) is 23.8. The lowest BCUT2D eigenvalue weighted by atomic mass is 9.81. The maximum absolute atomic E-state index is 15.6. The maximum atomic E-state index is 15.6. The number of halogens is 2. The number of hydrogen-bond donors (Lipinski definition) is 0. The van der Waals surface area contributed by atoms with Crippen LogP contribution in [0.1, 0.15) is 42.8 Å². The van der Waals surface area contributed by atoms with E-state index >= 15 is 4.39 Å². The van der Waals surface area contributed by atoms with E-state index in [0.717, 1.165) is 30.0 Å². The van der Waals surface area contributed by atoms with Crippen LogP contribution in [-0.4, -0.2) is 38.5 Å². The lowest BCUT2D eigenvalue weighted by Crippen LogP contribution is -2.44. The molecule has 0 aliphatic carbocycles. The minimum atomic E-state index is -1.65. The van der Waals surface area contributed by atoms with Crippen molar-refractivity contribution in [3.05, 3.63) is 101 Å². The molecule has 0 radical (unpaired) electrons. The molecular weight excluding hydrogens is 568 g/mol. The number of carbonyl (C=O) groups excluding carboxylic acids is 1. The predicted molar refractivity (Wildman–Crippen MR) is 148 cm³/mol. The van der Waals surface area contributed by atoms with Crippen LogP contribution in [0.2, 0.25) is 0 Å². The number of benzene rings is 2. The molecule has 0 N–H and O–H groups in total. The molecule has 0 saturated carbocycles. The van der Waals surface area contributed by atoms with Gasteiger partial charge in [-0.25, -0.2) is 28.2 Å². The topological polar surface area (TPSA) is 121 Å². The number of carbonyl (C=O) groups is 1. The fraction of sp³-hybridized carbons (Fsp3) is 0.276. The van der Waals surface area contributed by atoms with Gasteiger partial charge in [0.2, 0.25) is 6.29 Å². The van der Waals surface area contributed by atoms with Gasteiger partial charge in [0.25, 0.3) is 0 Å². The third-order valence-electron chi connectivity index (χ3n) is 6.35. The van der Waals surface area contributed by atoms with E-state index in [-0.39, 0.29) is 12.1 Å². The van der Waals surface area contributed by atoms with Gasteiger partial charge >= 0.3 is 6.16 Å². The highest BCUT2D eigenvalue weighted by atomic mass is 32.1. The number of aromatic nitrogens is 4. The summed E-state index contributed by atoms with van der Waals surface area (Å²) in [4.78, 5) is 20.5. The van der Waals surface area contributed by atoms with Gasteiger partial charge in [-0.1, -0.05) is 25.6 Å². The molecule has 10 nitrogen and oxygen atoms in total. The van der Waals surface area contributed by atoms with Crippen molar-refractivity contribution in [1.29, 1.82) is 5.26 Å². The predicted octanol–water partition coefficient (Wildman–Crippen LogP) is 6.27. The fourth-order valence-electron chi connectivity index (χ4n) is 4.42. The SMILES string of the molecule is C=COC(=O)OC(C)OC(C)O[C@@](Cn1cncn1)(c1cc(F)ccc1F)[C@@H](C)c1nc(-c2ccc(C#N)cc2)cs1. The molecule has 0 saturated heterocycles. The van der Waals surface area contributed by atoms with Gasteiger partial charge in [0.15, 0.2) is 6.29 Å². The molecule has 42 heavy (non-hydrogen) atoms. The van der Waals surface area contributed by atoms with Crippen molar-refractivity contribution < 1.29 is 32.5 Å². The Balaban J connectivity index is 1.77. The third-order valence-corrected chi connectivity index (χ3v) is 7.38. The van der Waals surface area contributed by atoms with E-state index in [4.69, 9.17) is 24.5 Å². The molecule has 4 aromatic rings. The van der Waals surface area contributed by atoms with Gasteiger partial charge in [0.1, 0.15) is 29.9 Å². The highest BCUT2D eigenvalue weighted by Crippen LogP contribution is 2.45. The first-order valence-electron chi connectivity index (χ1n) is 12.7. The molecule has 0 bridgehead atoms. The zero-order chi connectivity index (χ0) is 30.3. The highest BCUT2D eigenvalue weighted by Gasteiger charge is 2.46. The first-order valence-corrected chi connectivity index (χ1v) is 13.6. The smallest absolute Gasteiger partial charge is 0.404 e. The van der Waals surface area contributed by atoms with Gasteiger partial charge < -0.3 is 18.9 Å². The second kappa shape index (κ2) is 13.4. The van der Waals surface area contributed by atoms with Crippen molar-refractivity contribution in [2.75, 3.05) is 0 Å². The molecule has 2 heterocycles. The first kappa shape index (κ1) is 30.4. The molecule has 0 aliphatic heterocycles. The summed E-state index contributed by atoms with van der Waals surface area (Å²) >= 11 is 1.31. The standard InChI is InChI=1S/C29H27F2N5O5S/c1-5-38-28(37)40-19(3)39-20(4)41-29(15-36-17-33-16-34-36,24-12-23(30)10-11-25(24)31)18(2)27-35-26(14-42-27)22-8-6-21(13-32)7-9-22/h5-12,14,16-20H,1,15H2,2-4H3/t18-,19?,20?,29+/m0/s1. The van der Waals surface area contributed by atoms with Gasteiger partial charge in [-0.05, 0) is 44.2 Å². The van der Waals surface area contributed by atoms with Crippen molar-refractivity contribution in [2.24, 2.45) is 0 Å². The van der Waals surface area contributed by atoms with Crippen molar-refractivity contribution in [3.63, 3.8) is 0 Å². The molecule has 2 aromatic carbocycles. The third kappa shape index (κ3) is 7.03. The lowest BCUT2D eigenvalue weighted by molar-refractivity contribution is -0.268. The number of hydrogen-bond acceptors (Lipinski definition) is 10. The Bertz CT molecular complexity index is 1560. The maximum Gasteiger partial charge on any atom is 0.515 e. The van der Waals surface area contributed by atoms with E-state index in [2.05, 4.69) is 27.5 Å². The van der Waals surface area contributed by atoms with E-state index < -0.39 is 41.9 Å². The van der Waals surface area contributed by atoms with Crippen LogP contribution in [0.3, 0.4) is 0 Å². The van der Waals surface area contributed by atoms with Crippen LogP contribution in [0.25, 0.3) is 11.3 Å². The van der Waals surface area contributed by atoms with Gasteiger partial charge in [0.05, 0.1) is 35.1 Å². The summed E-state index contributed by atoms with van der Waals surface area (Å²) in [6.45, 7) is 7.93. The Morgan fingerprint density at radius 2 is 1.95 bits per heavy atom. The van der Waals surface area contributed by atoms with Crippen LogP contribution in [0.15, 0.2) is 73.3 Å². The summed E-state index contributed by atoms with van der Waals surface area (Å²) in [6, 6.07) is 12.1. The minimum Gasteiger partial charge on any atom is -0.404 e. The molecular formula is C29H27F2N5O5S. The second-order valence-corrected chi connectivity index (χ2v) is 10.0. The van der Waals surface area contributed by atoms with Gasteiger partial charge in [-0.3, -0.25) is 0 Å². The van der Waals surface area contributed by atoms with E-state index in [9.17, 15) is 9.18 Å². The fourth-order valence-corrected chi connectivity index (χ4v) is 5.39. The van der Waals surface area contributed by atoms with Gasteiger partial charge in [-0.15, -0.1) is 11.3 Å². The van der Waals surface area contributed by atoms with Crippen LogP contribution in [0.4, 0.5) is 13.6 Å². The molecule has 2 aromatic heterocycles. The molecule has 4 rings (SSSR count). The van der Waals surface area contributed by atoms with E-state index in [1.165, 1.54) is 42.5 Å². The molecule has 0 fully saturated rings. The Morgan fingerprint density at radius 1 is 1.19 bits per heavy atom. The van der Waals surface area contributed by atoms with E-state index in [1.54, 1.807) is 31.2 Å². The van der Waals surface area contributed by atoms with E-state index in [1.807, 2.05) is 5.38 Å². The number of rotatable bonds is 12. The lowest BCUT2D eigenvalue weighted by Gasteiger charge is -2.40. The molecule has 4 atom stereocenters. The highest BCUT2D eigenvalue weighted by molar-refractivity contribution is 7.10. The summed E-state index contributed by atoms with van der Waals surface area (Å²) < 4.78 is 53.5. The van der Waals surface area contributed by atoms with Crippen LogP contribution in [-0.2, 0) is 31.1 Å². The summed E-state index contributed by atoms with van der Waals surface area (Å²) in [7, 11) is 0. The Hall–Kier alpha value is -4.51. The van der Waals surface area contributed by atoms with Crippen molar-refractivity contribution >= 4 is 17.5 Å². The second-order valence-electron chi connectivity index (χ2n) is 9.13. The normalized spacial score (nSPS) is 14.7. The molecule has 218 valence electrons. The van der Waals surface area contributed by atoms with Crippen LogP contribution in [0.5, 0.6) is 0 Å². The number of nitrogens with zero attached hydrogens (tertiary/aromatic N) is 5. The summed E-state index contributed by atoms with van der Waals surface area (Å²) in [5, 5.41) is 15.7. The molecule has 0 aliphatic rings. The van der Waals surface area contributed by atoms with Crippen LogP contribution in [0, 0.1) is 23.0 Å². The number of nitriles is 1. The monoisotopic (exact) mass is 595 g/mol. The largest absolute Gasteiger partial charge is 0.515 e. The van der Waals surface area contributed by atoms with Gasteiger partial charge in [0, 0.05) is 22.4 Å². The van der Waals surface area contributed by atoms with Crippen molar-refractivity contribution in [1.82, 2.24) is 19.7 Å². The Labute approximate surface area is 244 Å². The van der Waals surface area contributed by atoms with Crippen LogP contribution < -0.4 is 0 Å². The Kier molecular flexibility index (Phi) is 9.74. The Morgan fingerprint density at radius 3 is 2.62 bits per heavy atom. The molecule has 0 spiro atoms. The summed E-state index contributed by atoms with van der Waals surface area (Å²) in [6.07, 6.45) is 0.350. The average Bonchev–Trinajstić information content (AvgIpc) is 3.66. The minimum absolute atomic E-state index is 0.101. The quantitative estimate of drug-likeness (QED) is 0.106. The first-order chi connectivity index (χ1) is 20.1. The van der Waals surface area contributed by atoms with E-state index in [0.29, 0.717) is 16.3 Å². The van der Waals surface area contributed by atoms with Crippen molar-refractivity contribution in [3.8, 4) is 17.3 Å². The number of ether oxygens (including phenoxy) is 4. The summed E-state index contributed by atoms with van der Waals surface area (Å²) in [5.74, 6) is -2.11. The molecule has 2 unspecified atom stereocenters. The molecule has 13 heteroatoms.